The number of nitrogens with two attached hydrogens (primary N) is 1. The van der Waals surface area contributed by atoms with E-state index in [9.17, 15) is 4.79 Å². The fourth-order valence-corrected chi connectivity index (χ4v) is 2.46. The zero-order valence-corrected chi connectivity index (χ0v) is 10.9. The number of hydrogen-bond donors (Lipinski definition) is 1. The summed E-state index contributed by atoms with van der Waals surface area (Å²) < 4.78 is 0. The van der Waals surface area contributed by atoms with Crippen LogP contribution in [0.2, 0.25) is 0 Å². The summed E-state index contributed by atoms with van der Waals surface area (Å²) in [5.74, 6) is 0.0608. The second-order valence-electron chi connectivity index (χ2n) is 4.89. The van der Waals surface area contributed by atoms with Crippen LogP contribution in [0.25, 0.3) is 0 Å². The van der Waals surface area contributed by atoms with Crippen LogP contribution in [-0.4, -0.2) is 48.4 Å². The highest BCUT2D eigenvalue weighted by molar-refractivity contribution is 5.78. The normalized spacial score (nSPS) is 19.5. The van der Waals surface area contributed by atoms with Gasteiger partial charge < -0.3 is 10.6 Å². The molecule has 2 rings (SSSR count). The minimum atomic E-state index is 0.0608. The molecule has 1 heterocycles. The molecule has 1 aromatic carbocycles. The lowest BCUT2D eigenvalue weighted by atomic mass is 10.1. The molecule has 0 radical (unpaired) electrons. The molecule has 1 aliphatic rings. The third-order valence-electron chi connectivity index (χ3n) is 3.59. The zero-order chi connectivity index (χ0) is 13.0. The Morgan fingerprint density at radius 2 is 2.17 bits per heavy atom. The zero-order valence-electron chi connectivity index (χ0n) is 10.9. The molecule has 1 fully saturated rings. The lowest BCUT2D eigenvalue weighted by Gasteiger charge is -2.24. The summed E-state index contributed by atoms with van der Waals surface area (Å²) in [6.07, 6.45) is 1.04. The molecule has 0 bridgehead atoms. The van der Waals surface area contributed by atoms with Crippen LogP contribution in [0.4, 0.5) is 0 Å². The quantitative estimate of drug-likeness (QED) is 0.851. The summed E-state index contributed by atoms with van der Waals surface area (Å²) in [5, 5.41) is 0. The van der Waals surface area contributed by atoms with Crippen molar-refractivity contribution in [3.05, 3.63) is 35.9 Å². The van der Waals surface area contributed by atoms with E-state index < -0.39 is 0 Å². The number of benzene rings is 1. The summed E-state index contributed by atoms with van der Waals surface area (Å²) in [5.41, 5.74) is 6.70. The maximum atomic E-state index is 11.5. The molecule has 1 aliphatic heterocycles. The Morgan fingerprint density at radius 3 is 2.83 bits per heavy atom. The van der Waals surface area contributed by atoms with Crippen molar-refractivity contribution in [1.29, 1.82) is 0 Å². The predicted octanol–water partition coefficient (Wildman–Crippen LogP) is 0.678. The Kier molecular flexibility index (Phi) is 4.33. The molecule has 4 heteroatoms. The topological polar surface area (TPSA) is 49.6 Å². The van der Waals surface area contributed by atoms with Gasteiger partial charge in [-0.25, -0.2) is 0 Å². The molecule has 4 nitrogen and oxygen atoms in total. The largest absolute Gasteiger partial charge is 0.340 e. The summed E-state index contributed by atoms with van der Waals surface area (Å²) in [6.45, 7) is 2.68. The lowest BCUT2D eigenvalue weighted by molar-refractivity contribution is -0.128. The van der Waals surface area contributed by atoms with Crippen molar-refractivity contribution in [2.24, 2.45) is 5.73 Å². The van der Waals surface area contributed by atoms with Gasteiger partial charge in [0.05, 0.1) is 6.54 Å². The van der Waals surface area contributed by atoms with Crippen molar-refractivity contribution in [3.8, 4) is 0 Å². The van der Waals surface area contributed by atoms with Crippen molar-refractivity contribution in [2.45, 2.75) is 19.0 Å². The molecule has 2 N–H and O–H groups in total. The van der Waals surface area contributed by atoms with E-state index in [-0.39, 0.29) is 12.5 Å². The van der Waals surface area contributed by atoms with Crippen LogP contribution in [0.3, 0.4) is 0 Å². The van der Waals surface area contributed by atoms with Gasteiger partial charge >= 0.3 is 0 Å². The van der Waals surface area contributed by atoms with Crippen molar-refractivity contribution in [1.82, 2.24) is 9.80 Å². The van der Waals surface area contributed by atoms with E-state index in [1.807, 2.05) is 11.0 Å². The Balaban J connectivity index is 1.88. The first-order valence-corrected chi connectivity index (χ1v) is 6.42. The smallest absolute Gasteiger partial charge is 0.236 e. The summed E-state index contributed by atoms with van der Waals surface area (Å²) in [7, 11) is 2.12. The molecule has 0 spiro atoms. The van der Waals surface area contributed by atoms with Gasteiger partial charge in [0.1, 0.15) is 0 Å². The van der Waals surface area contributed by atoms with Crippen LogP contribution >= 0.6 is 0 Å². The van der Waals surface area contributed by atoms with E-state index in [0.29, 0.717) is 6.04 Å². The second kappa shape index (κ2) is 5.98. The predicted molar refractivity (Wildman–Crippen MR) is 71.9 cm³/mol. The highest BCUT2D eigenvalue weighted by Gasteiger charge is 2.27. The Morgan fingerprint density at radius 1 is 1.44 bits per heavy atom. The third kappa shape index (κ3) is 3.09. The van der Waals surface area contributed by atoms with Crippen LogP contribution in [0.15, 0.2) is 30.3 Å². The summed E-state index contributed by atoms with van der Waals surface area (Å²) in [6, 6.07) is 10.9. The molecular formula is C14H21N3O. The molecule has 0 saturated carbocycles. The van der Waals surface area contributed by atoms with Gasteiger partial charge in [0, 0.05) is 25.7 Å². The van der Waals surface area contributed by atoms with Crippen molar-refractivity contribution in [2.75, 3.05) is 26.7 Å². The van der Waals surface area contributed by atoms with E-state index in [1.54, 1.807) is 0 Å². The average molecular weight is 247 g/mol. The number of nitrogens with zero attached hydrogens (tertiary/aromatic N) is 2. The van der Waals surface area contributed by atoms with Crippen LogP contribution in [-0.2, 0) is 11.3 Å². The highest BCUT2D eigenvalue weighted by atomic mass is 16.2. The van der Waals surface area contributed by atoms with E-state index >= 15 is 0 Å². The molecule has 1 amide bonds. The fourth-order valence-electron chi connectivity index (χ4n) is 2.46. The number of likely N-dealkylation sites (N-methyl/N-ethyl adjacent to an activating group) is 1. The van der Waals surface area contributed by atoms with Crippen LogP contribution in [0.5, 0.6) is 0 Å². The van der Waals surface area contributed by atoms with Gasteiger partial charge in [-0.3, -0.25) is 9.69 Å². The SMILES string of the molecule is CN(Cc1ccccc1)C1CCN(C(=O)CN)C1. The average Bonchev–Trinajstić information content (AvgIpc) is 2.88. The molecule has 1 unspecified atom stereocenters. The first kappa shape index (κ1) is 13.1. The minimum Gasteiger partial charge on any atom is -0.340 e. The number of carbonyl (C=O) groups excluding carboxylic acids is 1. The molecule has 98 valence electrons. The molecule has 1 saturated heterocycles. The second-order valence-corrected chi connectivity index (χ2v) is 4.89. The van der Waals surface area contributed by atoms with E-state index in [1.165, 1.54) is 5.56 Å². The first-order valence-electron chi connectivity index (χ1n) is 6.42. The molecule has 18 heavy (non-hydrogen) atoms. The number of rotatable bonds is 4. The van der Waals surface area contributed by atoms with E-state index in [4.69, 9.17) is 5.73 Å². The van der Waals surface area contributed by atoms with E-state index in [0.717, 1.165) is 26.1 Å². The third-order valence-corrected chi connectivity index (χ3v) is 3.59. The van der Waals surface area contributed by atoms with Crippen LogP contribution in [0, 0.1) is 0 Å². The van der Waals surface area contributed by atoms with Crippen LogP contribution in [0.1, 0.15) is 12.0 Å². The fraction of sp³-hybridized carbons (Fsp3) is 0.500. The monoisotopic (exact) mass is 247 g/mol. The molecular weight excluding hydrogens is 226 g/mol. The molecule has 1 aromatic rings. The molecule has 0 aliphatic carbocycles. The van der Waals surface area contributed by atoms with Gasteiger partial charge in [-0.2, -0.15) is 0 Å². The molecule has 0 aromatic heterocycles. The van der Waals surface area contributed by atoms with Crippen molar-refractivity contribution in [3.63, 3.8) is 0 Å². The number of likely N-dealkylation sites (tertiary alicyclic amines) is 1. The summed E-state index contributed by atoms with van der Waals surface area (Å²) in [4.78, 5) is 15.7. The maximum Gasteiger partial charge on any atom is 0.236 e. The van der Waals surface area contributed by atoms with Gasteiger partial charge in [-0.1, -0.05) is 30.3 Å². The minimum absolute atomic E-state index is 0.0608. The lowest BCUT2D eigenvalue weighted by Crippen LogP contribution is -2.38. The van der Waals surface area contributed by atoms with Gasteiger partial charge in [-0.15, -0.1) is 0 Å². The molecule has 1 atom stereocenters. The van der Waals surface area contributed by atoms with Gasteiger partial charge in [0.15, 0.2) is 0 Å². The van der Waals surface area contributed by atoms with Gasteiger partial charge in [-0.05, 0) is 19.0 Å². The number of hydrogen-bond acceptors (Lipinski definition) is 3. The number of amides is 1. The Labute approximate surface area is 108 Å². The van der Waals surface area contributed by atoms with Crippen molar-refractivity contribution >= 4 is 5.91 Å². The Bertz CT molecular complexity index is 393. The Hall–Kier alpha value is -1.39. The van der Waals surface area contributed by atoms with Crippen molar-refractivity contribution < 1.29 is 4.79 Å². The van der Waals surface area contributed by atoms with E-state index in [2.05, 4.69) is 36.2 Å². The van der Waals surface area contributed by atoms with Gasteiger partial charge in [0.2, 0.25) is 5.91 Å². The maximum absolute atomic E-state index is 11.5. The van der Waals surface area contributed by atoms with Crippen LogP contribution < -0.4 is 5.73 Å². The highest BCUT2D eigenvalue weighted by Crippen LogP contribution is 2.16. The van der Waals surface area contributed by atoms with Gasteiger partial charge in [0.25, 0.3) is 0 Å². The summed E-state index contributed by atoms with van der Waals surface area (Å²) >= 11 is 0. The standard InChI is InChI=1S/C14H21N3O/c1-16(10-12-5-3-2-4-6-12)13-7-8-17(11-13)14(18)9-15/h2-6,13H,7-11,15H2,1H3. The number of carbonyl (C=O) groups is 1. The first-order chi connectivity index (χ1) is 8.70.